The minimum absolute atomic E-state index is 0.262. The number of hydrogen-bond donors (Lipinski definition) is 1. The van der Waals surface area contributed by atoms with Crippen LogP contribution in [0.25, 0.3) is 0 Å². The maximum atomic E-state index is 6.02. The Morgan fingerprint density at radius 2 is 2.00 bits per heavy atom. The molecule has 0 amide bonds. The van der Waals surface area contributed by atoms with E-state index in [4.69, 9.17) is 11.6 Å². The molecule has 2 heterocycles. The molecule has 2 rings (SSSR count). The monoisotopic (exact) mass is 315 g/mol. The second-order valence-electron chi connectivity index (χ2n) is 4.98. The van der Waals surface area contributed by atoms with Gasteiger partial charge in [0.1, 0.15) is 0 Å². The molecule has 0 spiro atoms. The van der Waals surface area contributed by atoms with Crippen molar-refractivity contribution < 1.29 is 0 Å². The molecule has 0 bridgehead atoms. The van der Waals surface area contributed by atoms with Crippen molar-refractivity contribution in [3.8, 4) is 0 Å². The van der Waals surface area contributed by atoms with E-state index in [0.717, 1.165) is 24.6 Å². The van der Waals surface area contributed by atoms with Crippen LogP contribution in [0, 0.1) is 0 Å². The van der Waals surface area contributed by atoms with Gasteiger partial charge in [0.15, 0.2) is 0 Å². The molecular weight excluding hydrogens is 294 g/mol. The van der Waals surface area contributed by atoms with Gasteiger partial charge >= 0.3 is 0 Å². The van der Waals surface area contributed by atoms with Gasteiger partial charge in [-0.2, -0.15) is 26.7 Å². The van der Waals surface area contributed by atoms with E-state index in [1.54, 1.807) is 0 Å². The SMILES string of the molecule is CCSCC(C)Nc1nc(Cl)nc(N2CCCCC2)n1. The summed E-state index contributed by atoms with van der Waals surface area (Å²) in [6.07, 6.45) is 3.66. The Labute approximate surface area is 129 Å². The lowest BCUT2D eigenvalue weighted by molar-refractivity contribution is 0.567. The number of rotatable bonds is 6. The highest BCUT2D eigenvalue weighted by atomic mass is 35.5. The summed E-state index contributed by atoms with van der Waals surface area (Å²) in [4.78, 5) is 15.1. The van der Waals surface area contributed by atoms with E-state index >= 15 is 0 Å². The van der Waals surface area contributed by atoms with Crippen LogP contribution in [0.2, 0.25) is 5.28 Å². The van der Waals surface area contributed by atoms with Crippen LogP contribution in [0.4, 0.5) is 11.9 Å². The Hall–Kier alpha value is -0.750. The molecule has 0 aromatic carbocycles. The highest BCUT2D eigenvalue weighted by Crippen LogP contribution is 2.19. The molecule has 1 atom stereocenters. The van der Waals surface area contributed by atoms with Crippen LogP contribution in [0.3, 0.4) is 0 Å². The Morgan fingerprint density at radius 3 is 2.70 bits per heavy atom. The minimum atomic E-state index is 0.262. The molecule has 0 saturated carbocycles. The largest absolute Gasteiger partial charge is 0.351 e. The summed E-state index contributed by atoms with van der Waals surface area (Å²) in [5, 5.41) is 3.57. The molecule has 20 heavy (non-hydrogen) atoms. The second kappa shape index (κ2) is 7.88. The molecule has 1 aliphatic rings. The van der Waals surface area contributed by atoms with E-state index in [2.05, 4.69) is 39.0 Å². The van der Waals surface area contributed by atoms with Gasteiger partial charge in [0, 0.05) is 24.9 Å². The van der Waals surface area contributed by atoms with Crippen LogP contribution >= 0.6 is 23.4 Å². The number of anilines is 2. The van der Waals surface area contributed by atoms with Crippen molar-refractivity contribution in [1.82, 2.24) is 15.0 Å². The molecule has 1 unspecified atom stereocenters. The van der Waals surface area contributed by atoms with Crippen molar-refractivity contribution in [3.05, 3.63) is 5.28 Å². The highest BCUT2D eigenvalue weighted by molar-refractivity contribution is 7.99. The topological polar surface area (TPSA) is 53.9 Å². The van der Waals surface area contributed by atoms with Crippen molar-refractivity contribution in [2.24, 2.45) is 0 Å². The number of piperidine rings is 1. The van der Waals surface area contributed by atoms with Crippen LogP contribution in [-0.2, 0) is 0 Å². The smallest absolute Gasteiger partial charge is 0.231 e. The van der Waals surface area contributed by atoms with Gasteiger partial charge in [0.25, 0.3) is 0 Å². The van der Waals surface area contributed by atoms with Gasteiger partial charge in [-0.15, -0.1) is 0 Å². The first-order valence-corrected chi connectivity index (χ1v) is 8.73. The second-order valence-corrected chi connectivity index (χ2v) is 6.64. The summed E-state index contributed by atoms with van der Waals surface area (Å²) in [6.45, 7) is 6.29. The summed E-state index contributed by atoms with van der Waals surface area (Å²) in [6, 6.07) is 0.313. The predicted octanol–water partition coefficient (Wildman–Crippen LogP) is 3.07. The van der Waals surface area contributed by atoms with E-state index in [0.29, 0.717) is 17.9 Å². The van der Waals surface area contributed by atoms with Crippen LogP contribution in [0.15, 0.2) is 0 Å². The number of hydrogen-bond acceptors (Lipinski definition) is 6. The predicted molar refractivity (Wildman–Crippen MR) is 87.0 cm³/mol. The van der Waals surface area contributed by atoms with Crippen molar-refractivity contribution in [3.63, 3.8) is 0 Å². The average Bonchev–Trinajstić information content (AvgIpc) is 2.45. The van der Waals surface area contributed by atoms with Gasteiger partial charge in [-0.3, -0.25) is 0 Å². The molecule has 1 N–H and O–H groups in total. The summed E-state index contributed by atoms with van der Waals surface area (Å²) in [7, 11) is 0. The van der Waals surface area contributed by atoms with E-state index in [1.807, 2.05) is 11.8 Å². The fourth-order valence-corrected chi connectivity index (χ4v) is 3.02. The fourth-order valence-electron chi connectivity index (χ4n) is 2.20. The van der Waals surface area contributed by atoms with Crippen LogP contribution < -0.4 is 10.2 Å². The maximum Gasteiger partial charge on any atom is 0.231 e. The minimum Gasteiger partial charge on any atom is -0.351 e. The summed E-state index contributed by atoms with van der Waals surface area (Å²) in [5.74, 6) is 3.42. The maximum absolute atomic E-state index is 6.02. The summed E-state index contributed by atoms with van der Waals surface area (Å²) in [5.41, 5.74) is 0. The van der Waals surface area contributed by atoms with Gasteiger partial charge in [-0.1, -0.05) is 6.92 Å². The molecule has 112 valence electrons. The van der Waals surface area contributed by atoms with Gasteiger partial charge in [-0.05, 0) is 43.5 Å². The molecule has 1 aliphatic heterocycles. The number of halogens is 1. The molecule has 1 aromatic heterocycles. The van der Waals surface area contributed by atoms with Crippen LogP contribution in [-0.4, -0.2) is 45.6 Å². The van der Waals surface area contributed by atoms with Gasteiger partial charge < -0.3 is 10.2 Å². The van der Waals surface area contributed by atoms with Gasteiger partial charge in [-0.25, -0.2) is 0 Å². The van der Waals surface area contributed by atoms with Crippen molar-refractivity contribution in [2.45, 2.75) is 39.2 Å². The first-order valence-electron chi connectivity index (χ1n) is 7.20. The molecular formula is C13H22ClN5S. The first-order chi connectivity index (χ1) is 9.69. The molecule has 0 radical (unpaired) electrons. The fraction of sp³-hybridized carbons (Fsp3) is 0.769. The number of aromatic nitrogens is 3. The summed E-state index contributed by atoms with van der Waals surface area (Å²) >= 11 is 7.92. The normalized spacial score (nSPS) is 17.1. The third kappa shape index (κ3) is 4.66. The zero-order valence-corrected chi connectivity index (χ0v) is 13.7. The number of nitrogens with one attached hydrogen (secondary N) is 1. The van der Waals surface area contributed by atoms with Crippen molar-refractivity contribution >= 4 is 35.3 Å². The van der Waals surface area contributed by atoms with E-state index in [1.165, 1.54) is 19.3 Å². The first kappa shape index (κ1) is 15.6. The Bertz CT molecular complexity index is 425. The summed E-state index contributed by atoms with van der Waals surface area (Å²) < 4.78 is 0. The van der Waals surface area contributed by atoms with E-state index < -0.39 is 0 Å². The van der Waals surface area contributed by atoms with Crippen LogP contribution in [0.5, 0.6) is 0 Å². The third-order valence-electron chi connectivity index (χ3n) is 3.18. The zero-order chi connectivity index (χ0) is 14.4. The quantitative estimate of drug-likeness (QED) is 0.870. The van der Waals surface area contributed by atoms with E-state index in [9.17, 15) is 0 Å². The third-order valence-corrected chi connectivity index (χ3v) is 4.50. The number of thioether (sulfide) groups is 1. The standard InChI is InChI=1S/C13H22ClN5S/c1-3-20-9-10(2)15-12-16-11(14)17-13(18-12)19-7-5-4-6-8-19/h10H,3-9H2,1-2H3,(H,15,16,17,18). The molecule has 1 fully saturated rings. The van der Waals surface area contributed by atoms with Crippen molar-refractivity contribution in [1.29, 1.82) is 0 Å². The Morgan fingerprint density at radius 1 is 1.25 bits per heavy atom. The molecule has 0 aliphatic carbocycles. The Balaban J connectivity index is 2.03. The number of nitrogens with zero attached hydrogens (tertiary/aromatic N) is 4. The van der Waals surface area contributed by atoms with E-state index in [-0.39, 0.29) is 5.28 Å². The Kier molecular flexibility index (Phi) is 6.16. The lowest BCUT2D eigenvalue weighted by atomic mass is 10.1. The lowest BCUT2D eigenvalue weighted by Crippen LogP contribution is -2.31. The molecule has 1 aromatic rings. The van der Waals surface area contributed by atoms with Crippen LogP contribution in [0.1, 0.15) is 33.1 Å². The van der Waals surface area contributed by atoms with Gasteiger partial charge in [0.05, 0.1) is 0 Å². The zero-order valence-electron chi connectivity index (χ0n) is 12.1. The molecule has 5 nitrogen and oxygen atoms in total. The van der Waals surface area contributed by atoms with Crippen molar-refractivity contribution in [2.75, 3.05) is 34.8 Å². The highest BCUT2D eigenvalue weighted by Gasteiger charge is 2.16. The molecule has 1 saturated heterocycles. The van der Waals surface area contributed by atoms with Gasteiger partial charge in [0.2, 0.25) is 17.2 Å². The lowest BCUT2D eigenvalue weighted by Gasteiger charge is -2.26. The average molecular weight is 316 g/mol. The molecule has 7 heteroatoms.